The Morgan fingerprint density at radius 2 is 2.26 bits per heavy atom. The summed E-state index contributed by atoms with van der Waals surface area (Å²) in [5.41, 5.74) is 0.568. The molecule has 0 saturated heterocycles. The fraction of sp³-hybridized carbons (Fsp3) is 0.615. The van der Waals surface area contributed by atoms with Crippen molar-refractivity contribution in [2.24, 2.45) is 7.05 Å². The quantitative estimate of drug-likeness (QED) is 0.719. The lowest BCUT2D eigenvalue weighted by atomic mass is 10.2. The zero-order valence-corrected chi connectivity index (χ0v) is 11.3. The predicted molar refractivity (Wildman–Crippen MR) is 68.5 cm³/mol. The van der Waals surface area contributed by atoms with Crippen LogP contribution in [0.1, 0.15) is 36.5 Å². The Balaban J connectivity index is 1.96. The van der Waals surface area contributed by atoms with E-state index in [9.17, 15) is 9.59 Å². The highest BCUT2D eigenvalue weighted by atomic mass is 16.5. The van der Waals surface area contributed by atoms with Crippen molar-refractivity contribution in [3.63, 3.8) is 0 Å². The van der Waals surface area contributed by atoms with E-state index in [1.807, 2.05) is 0 Å². The third-order valence-corrected chi connectivity index (χ3v) is 3.06. The van der Waals surface area contributed by atoms with Crippen LogP contribution in [0.3, 0.4) is 0 Å². The van der Waals surface area contributed by atoms with Gasteiger partial charge in [-0.25, -0.2) is 0 Å². The number of carbonyl (C=O) groups excluding carboxylic acids is 2. The second-order valence-electron chi connectivity index (χ2n) is 4.69. The highest BCUT2D eigenvalue weighted by molar-refractivity contribution is 5.94. The number of esters is 1. The lowest BCUT2D eigenvalue weighted by Crippen LogP contribution is -2.35. The number of hydrogen-bond donors (Lipinski definition) is 0. The first-order valence-corrected chi connectivity index (χ1v) is 6.57. The number of rotatable bonds is 6. The minimum atomic E-state index is -0.257. The first-order valence-electron chi connectivity index (χ1n) is 6.57. The largest absolute Gasteiger partial charge is 0.466 e. The van der Waals surface area contributed by atoms with Crippen LogP contribution in [0, 0.1) is 0 Å². The number of nitrogens with zero attached hydrogens (tertiary/aromatic N) is 3. The van der Waals surface area contributed by atoms with E-state index in [1.165, 1.54) is 0 Å². The summed E-state index contributed by atoms with van der Waals surface area (Å²) in [5.74, 6) is -0.313. The summed E-state index contributed by atoms with van der Waals surface area (Å²) >= 11 is 0. The Bertz CT molecular complexity index is 465. The average Bonchev–Trinajstić information content (AvgIpc) is 3.11. The second-order valence-corrected chi connectivity index (χ2v) is 4.69. The summed E-state index contributed by atoms with van der Waals surface area (Å²) in [7, 11) is 1.77. The Morgan fingerprint density at radius 3 is 2.79 bits per heavy atom. The molecule has 104 valence electrons. The molecule has 0 atom stereocenters. The number of ether oxygens (including phenoxy) is 1. The zero-order valence-electron chi connectivity index (χ0n) is 11.3. The van der Waals surface area contributed by atoms with Crippen LogP contribution in [0.25, 0.3) is 0 Å². The summed E-state index contributed by atoms with van der Waals surface area (Å²) in [6, 6.07) is 0.266. The van der Waals surface area contributed by atoms with Gasteiger partial charge in [-0.15, -0.1) is 0 Å². The number of aromatic nitrogens is 2. The molecule has 1 aliphatic carbocycles. The second kappa shape index (κ2) is 5.86. The van der Waals surface area contributed by atoms with Crippen molar-refractivity contribution < 1.29 is 14.3 Å². The standard InChI is InChI=1S/C13H19N3O3/c1-3-19-12(17)6-7-16(11-4-5-11)13(18)10-8-14-15(2)9-10/h8-9,11H,3-7H2,1-2H3. The molecule has 0 N–H and O–H groups in total. The normalized spacial score (nSPS) is 14.2. The first-order chi connectivity index (χ1) is 9.11. The summed E-state index contributed by atoms with van der Waals surface area (Å²) in [6.45, 7) is 2.56. The van der Waals surface area contributed by atoms with Crippen LogP contribution in [0.2, 0.25) is 0 Å². The molecule has 0 aliphatic heterocycles. The molecule has 1 saturated carbocycles. The third kappa shape index (κ3) is 3.56. The molecule has 1 amide bonds. The van der Waals surface area contributed by atoms with Crippen molar-refractivity contribution in [3.8, 4) is 0 Å². The van der Waals surface area contributed by atoms with Gasteiger partial charge in [-0.3, -0.25) is 14.3 Å². The molecule has 1 aliphatic rings. The van der Waals surface area contributed by atoms with E-state index in [-0.39, 0.29) is 24.3 Å². The Hall–Kier alpha value is -1.85. The molecule has 0 aromatic carbocycles. The van der Waals surface area contributed by atoms with E-state index in [0.29, 0.717) is 18.7 Å². The van der Waals surface area contributed by atoms with Gasteiger partial charge in [0.2, 0.25) is 0 Å². The van der Waals surface area contributed by atoms with Gasteiger partial charge < -0.3 is 9.64 Å². The molecule has 19 heavy (non-hydrogen) atoms. The van der Waals surface area contributed by atoms with Crippen LogP contribution in [-0.4, -0.2) is 45.8 Å². The summed E-state index contributed by atoms with van der Waals surface area (Å²) in [4.78, 5) is 25.5. The molecule has 1 fully saturated rings. The Kier molecular flexibility index (Phi) is 4.19. The van der Waals surface area contributed by atoms with E-state index in [1.54, 1.807) is 35.9 Å². The maximum Gasteiger partial charge on any atom is 0.307 e. The topological polar surface area (TPSA) is 64.4 Å². The van der Waals surface area contributed by atoms with Gasteiger partial charge in [-0.2, -0.15) is 5.10 Å². The monoisotopic (exact) mass is 265 g/mol. The highest BCUT2D eigenvalue weighted by Gasteiger charge is 2.33. The SMILES string of the molecule is CCOC(=O)CCN(C(=O)c1cnn(C)c1)C1CC1. The van der Waals surface area contributed by atoms with Crippen molar-refractivity contribution in [2.75, 3.05) is 13.2 Å². The van der Waals surface area contributed by atoms with Gasteiger partial charge in [0.15, 0.2) is 0 Å². The van der Waals surface area contributed by atoms with Gasteiger partial charge >= 0.3 is 5.97 Å². The molecule has 0 radical (unpaired) electrons. The Labute approximate surface area is 112 Å². The average molecular weight is 265 g/mol. The number of hydrogen-bond acceptors (Lipinski definition) is 4. The summed E-state index contributed by atoms with van der Waals surface area (Å²) in [6.07, 6.45) is 5.52. The van der Waals surface area contributed by atoms with Crippen LogP contribution < -0.4 is 0 Å². The molecule has 0 bridgehead atoms. The molecule has 6 heteroatoms. The van der Waals surface area contributed by atoms with Crippen molar-refractivity contribution >= 4 is 11.9 Å². The fourth-order valence-corrected chi connectivity index (χ4v) is 1.98. The molecule has 0 spiro atoms. The molecule has 0 unspecified atom stereocenters. The summed E-state index contributed by atoms with van der Waals surface area (Å²) in [5, 5.41) is 4.00. The molecule has 2 rings (SSSR count). The van der Waals surface area contributed by atoms with Gasteiger partial charge in [-0.05, 0) is 19.8 Å². The molecule has 6 nitrogen and oxygen atoms in total. The van der Waals surface area contributed by atoms with E-state index in [2.05, 4.69) is 5.10 Å². The molecule has 1 aromatic rings. The van der Waals surface area contributed by atoms with E-state index >= 15 is 0 Å². The maximum absolute atomic E-state index is 12.3. The van der Waals surface area contributed by atoms with Crippen LogP contribution in [0.5, 0.6) is 0 Å². The van der Waals surface area contributed by atoms with Gasteiger partial charge in [0, 0.05) is 25.8 Å². The van der Waals surface area contributed by atoms with Gasteiger partial charge in [0.1, 0.15) is 0 Å². The predicted octanol–water partition coefficient (Wildman–Crippen LogP) is 0.978. The van der Waals surface area contributed by atoms with E-state index < -0.39 is 0 Å². The van der Waals surface area contributed by atoms with Crippen molar-refractivity contribution in [2.45, 2.75) is 32.2 Å². The Morgan fingerprint density at radius 1 is 1.53 bits per heavy atom. The first kappa shape index (κ1) is 13.6. The third-order valence-electron chi connectivity index (χ3n) is 3.06. The number of carbonyl (C=O) groups is 2. The number of aryl methyl sites for hydroxylation is 1. The van der Waals surface area contributed by atoms with Crippen molar-refractivity contribution in [1.82, 2.24) is 14.7 Å². The van der Waals surface area contributed by atoms with Crippen LogP contribution in [0.15, 0.2) is 12.4 Å². The smallest absolute Gasteiger partial charge is 0.307 e. The molecule has 1 heterocycles. The zero-order chi connectivity index (χ0) is 13.8. The van der Waals surface area contributed by atoms with Gasteiger partial charge in [0.05, 0.1) is 24.8 Å². The minimum absolute atomic E-state index is 0.0556. The minimum Gasteiger partial charge on any atom is -0.466 e. The van der Waals surface area contributed by atoms with Crippen LogP contribution in [-0.2, 0) is 16.6 Å². The van der Waals surface area contributed by atoms with Crippen molar-refractivity contribution in [3.05, 3.63) is 18.0 Å². The highest BCUT2D eigenvalue weighted by Crippen LogP contribution is 2.28. The van der Waals surface area contributed by atoms with Crippen LogP contribution >= 0.6 is 0 Å². The van der Waals surface area contributed by atoms with Gasteiger partial charge in [0.25, 0.3) is 5.91 Å². The fourth-order valence-electron chi connectivity index (χ4n) is 1.98. The van der Waals surface area contributed by atoms with E-state index in [0.717, 1.165) is 12.8 Å². The lowest BCUT2D eigenvalue weighted by Gasteiger charge is -2.21. The number of amides is 1. The summed E-state index contributed by atoms with van der Waals surface area (Å²) < 4.78 is 6.49. The lowest BCUT2D eigenvalue weighted by molar-refractivity contribution is -0.143. The van der Waals surface area contributed by atoms with Crippen molar-refractivity contribution in [1.29, 1.82) is 0 Å². The molecule has 1 aromatic heterocycles. The maximum atomic E-state index is 12.3. The van der Waals surface area contributed by atoms with E-state index in [4.69, 9.17) is 4.74 Å². The van der Waals surface area contributed by atoms with Gasteiger partial charge in [-0.1, -0.05) is 0 Å². The van der Waals surface area contributed by atoms with Crippen LogP contribution in [0.4, 0.5) is 0 Å². The molecular weight excluding hydrogens is 246 g/mol. The molecular formula is C13H19N3O3.